The quantitative estimate of drug-likeness (QED) is 0.861. The number of nitrogens with two attached hydrogens (primary N) is 1. The van der Waals surface area contributed by atoms with Crippen molar-refractivity contribution in [3.63, 3.8) is 0 Å². The van der Waals surface area contributed by atoms with Crippen LogP contribution in [0.1, 0.15) is 58.8 Å². The SMILES string of the molecule is CC(C)N1CCC(CN)(N2CCCC3CCCCC32)C1. The van der Waals surface area contributed by atoms with Crippen molar-refractivity contribution in [3.05, 3.63) is 0 Å². The maximum Gasteiger partial charge on any atom is 0.0473 e. The third-order valence-electron chi connectivity index (χ3n) is 6.32. The van der Waals surface area contributed by atoms with Crippen LogP contribution in [0, 0.1) is 5.92 Å². The summed E-state index contributed by atoms with van der Waals surface area (Å²) in [5.74, 6) is 0.967. The Hall–Kier alpha value is -0.120. The van der Waals surface area contributed by atoms with E-state index in [1.807, 2.05) is 0 Å². The summed E-state index contributed by atoms with van der Waals surface area (Å²) >= 11 is 0. The highest BCUT2D eigenvalue weighted by Crippen LogP contribution is 2.41. The van der Waals surface area contributed by atoms with Gasteiger partial charge in [-0.2, -0.15) is 0 Å². The van der Waals surface area contributed by atoms with E-state index in [1.54, 1.807) is 0 Å². The molecule has 3 heteroatoms. The summed E-state index contributed by atoms with van der Waals surface area (Å²) in [5.41, 5.74) is 6.60. The number of hydrogen-bond donors (Lipinski definition) is 1. The molecule has 3 atom stereocenters. The molecule has 116 valence electrons. The number of fused-ring (bicyclic) bond motifs is 1. The minimum absolute atomic E-state index is 0.283. The molecule has 2 N–H and O–H groups in total. The molecule has 20 heavy (non-hydrogen) atoms. The molecule has 0 bridgehead atoms. The summed E-state index contributed by atoms with van der Waals surface area (Å²) in [7, 11) is 0. The van der Waals surface area contributed by atoms with Crippen molar-refractivity contribution in [3.8, 4) is 0 Å². The van der Waals surface area contributed by atoms with Crippen molar-refractivity contribution < 1.29 is 0 Å². The molecule has 0 aromatic carbocycles. The Kier molecular flexibility index (Phi) is 4.40. The number of likely N-dealkylation sites (tertiary alicyclic amines) is 2. The van der Waals surface area contributed by atoms with Gasteiger partial charge in [0.2, 0.25) is 0 Å². The fraction of sp³-hybridized carbons (Fsp3) is 1.00. The molecular weight excluding hydrogens is 246 g/mol. The van der Waals surface area contributed by atoms with Gasteiger partial charge in [0.15, 0.2) is 0 Å². The standard InChI is InChI=1S/C17H33N3/c1-14(2)19-11-9-17(12-18,13-19)20-10-5-7-15-6-3-4-8-16(15)20/h14-16H,3-13,18H2,1-2H3. The van der Waals surface area contributed by atoms with Gasteiger partial charge in [-0.25, -0.2) is 0 Å². The minimum Gasteiger partial charge on any atom is -0.329 e. The van der Waals surface area contributed by atoms with E-state index < -0.39 is 0 Å². The molecule has 1 aliphatic carbocycles. The Bertz CT molecular complexity index is 328. The smallest absolute Gasteiger partial charge is 0.0473 e. The van der Waals surface area contributed by atoms with Crippen molar-refractivity contribution in [1.82, 2.24) is 9.80 Å². The highest BCUT2D eigenvalue weighted by Gasteiger charge is 2.48. The van der Waals surface area contributed by atoms with Crippen LogP contribution in [0.3, 0.4) is 0 Å². The second-order valence-corrected chi connectivity index (χ2v) is 7.69. The Morgan fingerprint density at radius 3 is 2.55 bits per heavy atom. The van der Waals surface area contributed by atoms with Gasteiger partial charge in [0.1, 0.15) is 0 Å². The third kappa shape index (κ3) is 2.53. The Morgan fingerprint density at radius 2 is 1.85 bits per heavy atom. The average Bonchev–Trinajstić information content (AvgIpc) is 2.92. The van der Waals surface area contributed by atoms with E-state index in [4.69, 9.17) is 5.73 Å². The summed E-state index contributed by atoms with van der Waals surface area (Å²) < 4.78 is 0. The van der Waals surface area contributed by atoms with Crippen LogP contribution in [0.4, 0.5) is 0 Å². The largest absolute Gasteiger partial charge is 0.329 e. The molecule has 0 radical (unpaired) electrons. The summed E-state index contributed by atoms with van der Waals surface area (Å²) in [6.07, 6.45) is 9.93. The molecule has 2 saturated heterocycles. The summed E-state index contributed by atoms with van der Waals surface area (Å²) in [5, 5.41) is 0. The van der Waals surface area contributed by atoms with Gasteiger partial charge in [-0.05, 0) is 58.4 Å². The van der Waals surface area contributed by atoms with Crippen LogP contribution in [-0.2, 0) is 0 Å². The van der Waals surface area contributed by atoms with Crippen molar-refractivity contribution in [2.24, 2.45) is 11.7 Å². The van der Waals surface area contributed by atoms with Gasteiger partial charge in [0.25, 0.3) is 0 Å². The topological polar surface area (TPSA) is 32.5 Å². The second-order valence-electron chi connectivity index (χ2n) is 7.69. The molecule has 2 heterocycles. The molecule has 3 rings (SSSR count). The molecule has 0 amide bonds. The normalized spacial score (nSPS) is 40.2. The van der Waals surface area contributed by atoms with Crippen LogP contribution in [0.2, 0.25) is 0 Å². The first-order chi connectivity index (χ1) is 9.66. The third-order valence-corrected chi connectivity index (χ3v) is 6.32. The second kappa shape index (κ2) is 5.94. The number of rotatable bonds is 3. The van der Waals surface area contributed by atoms with Crippen LogP contribution in [0.25, 0.3) is 0 Å². The van der Waals surface area contributed by atoms with Crippen LogP contribution >= 0.6 is 0 Å². The average molecular weight is 279 g/mol. The van der Waals surface area contributed by atoms with Gasteiger partial charge < -0.3 is 5.73 Å². The molecule has 3 aliphatic rings. The van der Waals surface area contributed by atoms with Crippen LogP contribution in [-0.4, -0.2) is 53.6 Å². The summed E-state index contributed by atoms with van der Waals surface area (Å²) in [6.45, 7) is 9.23. The van der Waals surface area contributed by atoms with Crippen LogP contribution in [0.15, 0.2) is 0 Å². The zero-order chi connectivity index (χ0) is 14.2. The van der Waals surface area contributed by atoms with E-state index in [0.717, 1.165) is 18.5 Å². The molecule has 0 spiro atoms. The first kappa shape index (κ1) is 14.8. The van der Waals surface area contributed by atoms with Crippen LogP contribution in [0.5, 0.6) is 0 Å². The summed E-state index contributed by atoms with van der Waals surface area (Å²) in [6, 6.07) is 1.50. The van der Waals surface area contributed by atoms with E-state index in [-0.39, 0.29) is 5.54 Å². The minimum atomic E-state index is 0.283. The lowest BCUT2D eigenvalue weighted by atomic mass is 9.75. The van der Waals surface area contributed by atoms with Gasteiger partial charge in [-0.15, -0.1) is 0 Å². The first-order valence-electron chi connectivity index (χ1n) is 8.87. The highest BCUT2D eigenvalue weighted by atomic mass is 15.3. The fourth-order valence-electron chi connectivity index (χ4n) is 5.06. The van der Waals surface area contributed by atoms with Gasteiger partial charge in [0.05, 0.1) is 0 Å². The van der Waals surface area contributed by atoms with Gasteiger partial charge >= 0.3 is 0 Å². The molecular formula is C17H33N3. The molecule has 2 aliphatic heterocycles. The van der Waals surface area contributed by atoms with Crippen molar-refractivity contribution >= 4 is 0 Å². The van der Waals surface area contributed by atoms with E-state index in [2.05, 4.69) is 23.6 Å². The molecule has 0 aromatic heterocycles. The van der Waals surface area contributed by atoms with E-state index in [9.17, 15) is 0 Å². The predicted molar refractivity (Wildman–Crippen MR) is 84.8 cm³/mol. The number of nitrogens with zero attached hydrogens (tertiary/aromatic N) is 2. The molecule has 3 nitrogen and oxygen atoms in total. The van der Waals surface area contributed by atoms with E-state index in [1.165, 1.54) is 64.6 Å². The first-order valence-corrected chi connectivity index (χ1v) is 8.87. The lowest BCUT2D eigenvalue weighted by molar-refractivity contribution is -0.0222. The van der Waals surface area contributed by atoms with Gasteiger partial charge in [-0.1, -0.05) is 12.8 Å². The zero-order valence-electron chi connectivity index (χ0n) is 13.5. The van der Waals surface area contributed by atoms with E-state index in [0.29, 0.717) is 6.04 Å². The maximum atomic E-state index is 6.32. The Morgan fingerprint density at radius 1 is 1.10 bits per heavy atom. The fourth-order valence-corrected chi connectivity index (χ4v) is 5.06. The predicted octanol–water partition coefficient (Wildman–Crippen LogP) is 2.45. The van der Waals surface area contributed by atoms with Crippen LogP contribution < -0.4 is 5.73 Å². The maximum absolute atomic E-state index is 6.32. The Labute approximate surface area is 124 Å². The lowest BCUT2D eigenvalue weighted by Crippen LogP contribution is -2.63. The number of piperidine rings is 1. The molecule has 3 fully saturated rings. The highest BCUT2D eigenvalue weighted by molar-refractivity contribution is 5.05. The molecule has 0 aromatic rings. The molecule has 1 saturated carbocycles. The van der Waals surface area contributed by atoms with Crippen molar-refractivity contribution in [2.75, 3.05) is 26.2 Å². The van der Waals surface area contributed by atoms with E-state index >= 15 is 0 Å². The van der Waals surface area contributed by atoms with Crippen molar-refractivity contribution in [1.29, 1.82) is 0 Å². The van der Waals surface area contributed by atoms with Crippen molar-refractivity contribution in [2.45, 2.75) is 76.4 Å². The monoisotopic (exact) mass is 279 g/mol. The van der Waals surface area contributed by atoms with Gasteiger partial charge in [-0.3, -0.25) is 9.80 Å². The Balaban J connectivity index is 1.78. The summed E-state index contributed by atoms with van der Waals surface area (Å²) in [4.78, 5) is 5.52. The zero-order valence-corrected chi connectivity index (χ0v) is 13.5. The van der Waals surface area contributed by atoms with Gasteiger partial charge in [0, 0.05) is 37.3 Å². The number of hydrogen-bond acceptors (Lipinski definition) is 3. The molecule has 3 unspecified atom stereocenters. The lowest BCUT2D eigenvalue weighted by Gasteiger charge is -2.52.